The molecule has 0 aliphatic carbocycles. The lowest BCUT2D eigenvalue weighted by Crippen LogP contribution is -2.44. The first-order chi connectivity index (χ1) is 12.9. The highest BCUT2D eigenvalue weighted by Gasteiger charge is 2.14. The lowest BCUT2D eigenvalue weighted by atomic mass is 10.3. The predicted octanol–water partition coefficient (Wildman–Crippen LogP) is 2.31. The molecule has 1 heterocycles. The molecular weight excluding hydrogens is 408 g/mol. The number of benzene rings is 1. The number of nitrogens with zero attached hydrogens (tertiary/aromatic N) is 1. The van der Waals surface area contributed by atoms with Crippen LogP contribution in [0.4, 0.5) is 0 Å². The van der Waals surface area contributed by atoms with E-state index in [4.69, 9.17) is 16.3 Å². The summed E-state index contributed by atoms with van der Waals surface area (Å²) < 4.78 is 32.7. The molecule has 1 aromatic heterocycles. The summed E-state index contributed by atoms with van der Waals surface area (Å²) >= 11 is 7.04. The van der Waals surface area contributed by atoms with E-state index in [0.29, 0.717) is 28.3 Å². The number of thiophene rings is 1. The molecule has 148 valence electrons. The Kier molecular flexibility index (Phi) is 8.36. The van der Waals surface area contributed by atoms with Crippen LogP contribution in [0.1, 0.15) is 6.92 Å². The molecule has 10 heteroatoms. The molecule has 3 N–H and O–H groups in total. The van der Waals surface area contributed by atoms with Crippen molar-refractivity contribution in [2.24, 2.45) is 4.99 Å². The summed E-state index contributed by atoms with van der Waals surface area (Å²) in [6, 6.07) is 10.4. The number of hydrogen-bond donors (Lipinski definition) is 3. The summed E-state index contributed by atoms with van der Waals surface area (Å²) in [6.45, 7) is 3.11. The number of aliphatic imine (C=N–C) groups is 1. The van der Waals surface area contributed by atoms with Crippen LogP contribution in [0.5, 0.6) is 5.75 Å². The Bertz CT molecular complexity index is 824. The topological polar surface area (TPSA) is 91.8 Å². The first-order valence-electron chi connectivity index (χ1n) is 8.30. The molecule has 0 bridgehead atoms. The second kappa shape index (κ2) is 10.5. The zero-order valence-electron chi connectivity index (χ0n) is 15.1. The third-order valence-electron chi connectivity index (χ3n) is 3.40. The molecule has 0 saturated heterocycles. The molecule has 0 fully saturated rings. The number of rotatable bonds is 9. The van der Waals surface area contributed by atoms with Crippen LogP contribution in [0.25, 0.3) is 0 Å². The largest absolute Gasteiger partial charge is 0.489 e. The molecule has 0 spiro atoms. The molecule has 1 aromatic carbocycles. The Morgan fingerprint density at radius 3 is 2.59 bits per heavy atom. The Morgan fingerprint density at radius 2 is 1.96 bits per heavy atom. The molecule has 2 rings (SSSR count). The zero-order chi connectivity index (χ0) is 19.7. The molecule has 0 radical (unpaired) electrons. The van der Waals surface area contributed by atoms with Gasteiger partial charge in [-0.2, -0.15) is 0 Å². The van der Waals surface area contributed by atoms with Gasteiger partial charge in [0.1, 0.15) is 16.1 Å². The summed E-state index contributed by atoms with van der Waals surface area (Å²) in [4.78, 5) is 4.11. The van der Waals surface area contributed by atoms with Crippen molar-refractivity contribution in [3.8, 4) is 5.75 Å². The lowest BCUT2D eigenvalue weighted by Gasteiger charge is -2.18. The maximum Gasteiger partial charge on any atom is 0.250 e. The van der Waals surface area contributed by atoms with E-state index in [-0.39, 0.29) is 12.6 Å². The highest BCUT2D eigenvalue weighted by atomic mass is 35.5. The van der Waals surface area contributed by atoms with Gasteiger partial charge in [0.05, 0.1) is 6.54 Å². The number of nitrogens with one attached hydrogen (secondary N) is 3. The van der Waals surface area contributed by atoms with Gasteiger partial charge in [-0.25, -0.2) is 13.1 Å². The fourth-order valence-electron chi connectivity index (χ4n) is 2.10. The van der Waals surface area contributed by atoms with Crippen LogP contribution >= 0.6 is 22.9 Å². The van der Waals surface area contributed by atoms with Crippen molar-refractivity contribution in [1.29, 1.82) is 0 Å². The third kappa shape index (κ3) is 7.37. The predicted molar refractivity (Wildman–Crippen MR) is 110 cm³/mol. The number of guanidine groups is 1. The van der Waals surface area contributed by atoms with Crippen molar-refractivity contribution in [2.75, 3.05) is 26.7 Å². The van der Waals surface area contributed by atoms with Crippen molar-refractivity contribution in [3.05, 3.63) is 46.8 Å². The SMILES string of the molecule is CN=C(NCCNS(=O)(=O)c1cccs1)NCC(C)Oc1ccc(Cl)cc1. The van der Waals surface area contributed by atoms with Crippen LogP contribution in [0.3, 0.4) is 0 Å². The van der Waals surface area contributed by atoms with E-state index in [1.165, 1.54) is 11.3 Å². The van der Waals surface area contributed by atoms with Gasteiger partial charge in [-0.15, -0.1) is 11.3 Å². The molecule has 1 atom stereocenters. The van der Waals surface area contributed by atoms with Gasteiger partial charge in [-0.05, 0) is 42.6 Å². The number of halogens is 1. The van der Waals surface area contributed by atoms with E-state index in [1.54, 1.807) is 36.7 Å². The highest BCUT2D eigenvalue weighted by Crippen LogP contribution is 2.16. The molecule has 0 aliphatic heterocycles. The van der Waals surface area contributed by atoms with Gasteiger partial charge >= 0.3 is 0 Å². The quantitative estimate of drug-likeness (QED) is 0.322. The second-order valence-corrected chi connectivity index (χ2v) is 8.97. The van der Waals surface area contributed by atoms with Crippen LogP contribution in [0, 0.1) is 0 Å². The molecule has 1 unspecified atom stereocenters. The maximum absolute atomic E-state index is 12.0. The van der Waals surface area contributed by atoms with Crippen LogP contribution in [0.15, 0.2) is 51.0 Å². The van der Waals surface area contributed by atoms with Gasteiger partial charge in [0, 0.05) is 25.2 Å². The second-order valence-electron chi connectivity index (χ2n) is 5.59. The fraction of sp³-hybridized carbons (Fsp3) is 0.353. The Balaban J connectivity index is 1.68. The van der Waals surface area contributed by atoms with Crippen molar-refractivity contribution in [2.45, 2.75) is 17.2 Å². The van der Waals surface area contributed by atoms with Gasteiger partial charge in [0.15, 0.2) is 5.96 Å². The molecular formula is C17H23ClN4O3S2. The van der Waals surface area contributed by atoms with Gasteiger partial charge in [-0.3, -0.25) is 4.99 Å². The van der Waals surface area contributed by atoms with E-state index >= 15 is 0 Å². The number of ether oxygens (including phenoxy) is 1. The molecule has 0 saturated carbocycles. The summed E-state index contributed by atoms with van der Waals surface area (Å²) in [7, 11) is -1.80. The minimum absolute atomic E-state index is 0.0953. The highest BCUT2D eigenvalue weighted by molar-refractivity contribution is 7.91. The summed E-state index contributed by atoms with van der Waals surface area (Å²) in [6.07, 6.45) is -0.0953. The zero-order valence-corrected chi connectivity index (χ0v) is 17.5. The summed E-state index contributed by atoms with van der Waals surface area (Å²) in [5, 5.41) is 8.58. The number of hydrogen-bond acceptors (Lipinski definition) is 5. The monoisotopic (exact) mass is 430 g/mol. The number of sulfonamides is 1. The van der Waals surface area contributed by atoms with Gasteiger partial charge < -0.3 is 15.4 Å². The van der Waals surface area contributed by atoms with E-state index in [1.807, 2.05) is 19.1 Å². The smallest absolute Gasteiger partial charge is 0.250 e. The minimum atomic E-state index is -3.45. The first-order valence-corrected chi connectivity index (χ1v) is 11.0. The average Bonchev–Trinajstić information content (AvgIpc) is 3.19. The molecule has 0 amide bonds. The van der Waals surface area contributed by atoms with Crippen molar-refractivity contribution >= 4 is 38.9 Å². The molecule has 27 heavy (non-hydrogen) atoms. The fourth-order valence-corrected chi connectivity index (χ4v) is 4.30. The van der Waals surface area contributed by atoms with Crippen molar-refractivity contribution < 1.29 is 13.2 Å². The van der Waals surface area contributed by atoms with Crippen molar-refractivity contribution in [3.63, 3.8) is 0 Å². The molecule has 0 aliphatic rings. The van der Waals surface area contributed by atoms with Crippen LogP contribution in [-0.2, 0) is 10.0 Å². The maximum atomic E-state index is 12.0. The first kappa shape index (κ1) is 21.5. The van der Waals surface area contributed by atoms with E-state index < -0.39 is 10.0 Å². The van der Waals surface area contributed by atoms with E-state index in [9.17, 15) is 8.42 Å². The van der Waals surface area contributed by atoms with Crippen LogP contribution in [0.2, 0.25) is 5.02 Å². The van der Waals surface area contributed by atoms with Gasteiger partial charge in [0.2, 0.25) is 10.0 Å². The average molecular weight is 431 g/mol. The summed E-state index contributed by atoms with van der Waals surface area (Å²) in [5.41, 5.74) is 0. The van der Waals surface area contributed by atoms with Crippen LogP contribution in [-0.4, -0.2) is 47.2 Å². The van der Waals surface area contributed by atoms with E-state index in [2.05, 4.69) is 20.3 Å². The Labute approximate surface area is 168 Å². The molecule has 2 aromatic rings. The standard InChI is InChI=1S/C17H23ClN4O3S2/c1-13(25-15-7-5-14(18)6-8-15)12-21-17(19-2)20-9-10-22-27(23,24)16-4-3-11-26-16/h3-8,11,13,22H,9-10,12H2,1-2H3,(H2,19,20,21). The van der Waals surface area contributed by atoms with Crippen LogP contribution < -0.4 is 20.1 Å². The summed E-state index contributed by atoms with van der Waals surface area (Å²) in [5.74, 6) is 1.30. The van der Waals surface area contributed by atoms with Gasteiger partial charge in [0.25, 0.3) is 0 Å². The van der Waals surface area contributed by atoms with E-state index in [0.717, 1.165) is 5.75 Å². The lowest BCUT2D eigenvalue weighted by molar-refractivity contribution is 0.224. The minimum Gasteiger partial charge on any atom is -0.489 e. The van der Waals surface area contributed by atoms with Crippen molar-refractivity contribution in [1.82, 2.24) is 15.4 Å². The molecule has 7 nitrogen and oxygen atoms in total. The Morgan fingerprint density at radius 1 is 1.22 bits per heavy atom. The van der Waals surface area contributed by atoms with Gasteiger partial charge in [-0.1, -0.05) is 17.7 Å². The third-order valence-corrected chi connectivity index (χ3v) is 6.51. The Hall–Kier alpha value is -1.81. The normalized spacial score (nSPS) is 13.2.